The number of aliphatic hydroxyl groups is 3. The Kier molecular flexibility index (Phi) is 11.0. The third-order valence-electron chi connectivity index (χ3n) is 4.12. The Hall–Kier alpha value is -0.240. The van der Waals surface area contributed by atoms with E-state index in [-0.39, 0.29) is 6.61 Å². The number of unbranched alkanes of at least 4 members (excludes halogenated alkanes) is 5. The van der Waals surface area contributed by atoms with E-state index < -0.39 is 30.7 Å². The second-order valence-corrected chi connectivity index (χ2v) is 6.18. The van der Waals surface area contributed by atoms with Crippen LogP contribution < -0.4 is 0 Å². The molecule has 6 heteroatoms. The van der Waals surface area contributed by atoms with Gasteiger partial charge < -0.3 is 29.5 Å². The van der Waals surface area contributed by atoms with E-state index in [1.165, 1.54) is 25.7 Å². The second kappa shape index (κ2) is 12.2. The Morgan fingerprint density at radius 3 is 2.17 bits per heavy atom. The maximum atomic E-state index is 10.2. The van der Waals surface area contributed by atoms with Gasteiger partial charge in [-0.05, 0) is 12.8 Å². The first-order valence-corrected chi connectivity index (χ1v) is 9.01. The van der Waals surface area contributed by atoms with Gasteiger partial charge in [0, 0.05) is 13.2 Å². The quantitative estimate of drug-likeness (QED) is 0.470. The smallest absolute Gasteiger partial charge is 0.186 e. The van der Waals surface area contributed by atoms with Crippen molar-refractivity contribution >= 4 is 0 Å². The Morgan fingerprint density at radius 2 is 1.52 bits per heavy atom. The first kappa shape index (κ1) is 20.8. The van der Waals surface area contributed by atoms with Crippen molar-refractivity contribution in [1.29, 1.82) is 0 Å². The van der Waals surface area contributed by atoms with Crippen molar-refractivity contribution in [3.8, 4) is 0 Å². The molecule has 6 nitrogen and oxygen atoms in total. The maximum Gasteiger partial charge on any atom is 0.186 e. The van der Waals surface area contributed by atoms with Gasteiger partial charge in [-0.2, -0.15) is 0 Å². The Labute approximate surface area is 139 Å². The highest BCUT2D eigenvalue weighted by Crippen LogP contribution is 2.25. The fourth-order valence-electron chi connectivity index (χ4n) is 2.70. The van der Waals surface area contributed by atoms with Crippen LogP contribution >= 0.6 is 0 Å². The molecule has 1 rings (SSSR count). The van der Waals surface area contributed by atoms with Gasteiger partial charge in [-0.1, -0.05) is 46.0 Å². The molecule has 0 aliphatic carbocycles. The van der Waals surface area contributed by atoms with E-state index in [0.29, 0.717) is 13.2 Å². The van der Waals surface area contributed by atoms with Crippen molar-refractivity contribution in [2.24, 2.45) is 0 Å². The highest BCUT2D eigenvalue weighted by atomic mass is 16.7. The summed E-state index contributed by atoms with van der Waals surface area (Å²) in [5, 5.41) is 29.4. The van der Waals surface area contributed by atoms with Crippen molar-refractivity contribution in [3.05, 3.63) is 0 Å². The predicted octanol–water partition coefficient (Wildman–Crippen LogP) is 1.60. The summed E-state index contributed by atoms with van der Waals surface area (Å²) in [6.07, 6.45) is 3.13. The average molecular weight is 334 g/mol. The number of rotatable bonds is 12. The minimum Gasteiger partial charge on any atom is -0.394 e. The molecule has 0 bridgehead atoms. The fourth-order valence-corrected chi connectivity index (χ4v) is 2.70. The summed E-state index contributed by atoms with van der Waals surface area (Å²) in [5.41, 5.74) is 0. The molecule has 1 aliphatic rings. The van der Waals surface area contributed by atoms with Crippen LogP contribution in [-0.2, 0) is 14.2 Å². The van der Waals surface area contributed by atoms with Crippen LogP contribution in [0.25, 0.3) is 0 Å². The molecule has 0 aromatic rings. The summed E-state index contributed by atoms with van der Waals surface area (Å²) in [7, 11) is 0. The van der Waals surface area contributed by atoms with Crippen molar-refractivity contribution in [3.63, 3.8) is 0 Å². The SMILES string of the molecule is CCCCCCCCO[C@@H]1O[C@H](CO)[C@H](O)[C@H](O)[C@H]1OCCC. The van der Waals surface area contributed by atoms with Crippen molar-refractivity contribution < 1.29 is 29.5 Å². The molecule has 23 heavy (non-hydrogen) atoms. The molecule has 1 saturated heterocycles. The molecule has 0 aromatic heterocycles. The highest BCUT2D eigenvalue weighted by Gasteiger charge is 2.45. The van der Waals surface area contributed by atoms with Gasteiger partial charge in [0.2, 0.25) is 0 Å². The van der Waals surface area contributed by atoms with Gasteiger partial charge in [-0.15, -0.1) is 0 Å². The van der Waals surface area contributed by atoms with Crippen LogP contribution in [-0.4, -0.2) is 65.8 Å². The van der Waals surface area contributed by atoms with Crippen molar-refractivity contribution in [2.45, 2.75) is 89.5 Å². The predicted molar refractivity (Wildman–Crippen MR) is 87.1 cm³/mol. The minimum absolute atomic E-state index is 0.365. The van der Waals surface area contributed by atoms with E-state index in [0.717, 1.165) is 19.3 Å². The fraction of sp³-hybridized carbons (Fsp3) is 1.00. The molecule has 3 N–H and O–H groups in total. The van der Waals surface area contributed by atoms with Crippen LogP contribution in [0.5, 0.6) is 0 Å². The Morgan fingerprint density at radius 1 is 0.826 bits per heavy atom. The van der Waals surface area contributed by atoms with Gasteiger partial charge in [0.05, 0.1) is 6.61 Å². The van der Waals surface area contributed by atoms with Crippen LogP contribution in [0.2, 0.25) is 0 Å². The van der Waals surface area contributed by atoms with Crippen LogP contribution in [0, 0.1) is 0 Å². The van der Waals surface area contributed by atoms with E-state index in [4.69, 9.17) is 14.2 Å². The first-order valence-electron chi connectivity index (χ1n) is 9.01. The molecule has 1 fully saturated rings. The van der Waals surface area contributed by atoms with Gasteiger partial charge in [-0.3, -0.25) is 0 Å². The zero-order valence-corrected chi connectivity index (χ0v) is 14.5. The molecule has 1 aliphatic heterocycles. The largest absolute Gasteiger partial charge is 0.394 e. The summed E-state index contributed by atoms with van der Waals surface area (Å²) >= 11 is 0. The minimum atomic E-state index is -1.17. The van der Waals surface area contributed by atoms with E-state index in [9.17, 15) is 15.3 Å². The zero-order chi connectivity index (χ0) is 17.1. The maximum absolute atomic E-state index is 10.2. The molecule has 138 valence electrons. The number of hydrogen-bond donors (Lipinski definition) is 3. The first-order chi connectivity index (χ1) is 11.2. The molecule has 0 amide bonds. The highest BCUT2D eigenvalue weighted by molar-refractivity contribution is 4.90. The summed E-state index contributed by atoms with van der Waals surface area (Å²) in [4.78, 5) is 0. The molecule has 1 heterocycles. The molecule has 0 aromatic carbocycles. The molecule has 0 saturated carbocycles. The second-order valence-electron chi connectivity index (χ2n) is 6.18. The standard InChI is InChI=1S/C17H34O6/c1-3-5-6-7-8-9-11-22-17-16(21-10-4-2)15(20)14(19)13(12-18)23-17/h13-20H,3-12H2,1-2H3/t13-,14+,15+,16-,17-/m1/s1. The summed E-state index contributed by atoms with van der Waals surface area (Å²) in [6, 6.07) is 0. The molecular weight excluding hydrogens is 300 g/mol. The number of hydrogen-bond acceptors (Lipinski definition) is 6. The van der Waals surface area contributed by atoms with Gasteiger partial charge in [-0.25, -0.2) is 0 Å². The van der Waals surface area contributed by atoms with E-state index in [1.54, 1.807) is 0 Å². The summed E-state index contributed by atoms with van der Waals surface area (Å²) in [5.74, 6) is 0. The third-order valence-corrected chi connectivity index (χ3v) is 4.12. The molecular formula is C17H34O6. The van der Waals surface area contributed by atoms with Crippen molar-refractivity contribution in [2.75, 3.05) is 19.8 Å². The average Bonchev–Trinajstić information content (AvgIpc) is 2.56. The van der Waals surface area contributed by atoms with E-state index in [1.807, 2.05) is 6.92 Å². The Bertz CT molecular complexity index is 288. The lowest BCUT2D eigenvalue weighted by atomic mass is 9.99. The normalized spacial score (nSPS) is 31.4. The Balaban J connectivity index is 2.40. The van der Waals surface area contributed by atoms with Crippen LogP contribution in [0.4, 0.5) is 0 Å². The summed E-state index contributed by atoms with van der Waals surface area (Å²) in [6.45, 7) is 4.77. The van der Waals surface area contributed by atoms with Crippen molar-refractivity contribution in [1.82, 2.24) is 0 Å². The third kappa shape index (κ3) is 7.03. The molecule has 0 unspecified atom stereocenters. The van der Waals surface area contributed by atoms with Gasteiger partial charge in [0.15, 0.2) is 6.29 Å². The van der Waals surface area contributed by atoms with E-state index >= 15 is 0 Å². The topological polar surface area (TPSA) is 88.4 Å². The van der Waals surface area contributed by atoms with Gasteiger partial charge in [0.25, 0.3) is 0 Å². The van der Waals surface area contributed by atoms with E-state index in [2.05, 4.69) is 6.92 Å². The monoisotopic (exact) mass is 334 g/mol. The zero-order valence-electron chi connectivity index (χ0n) is 14.5. The number of aliphatic hydroxyl groups excluding tert-OH is 3. The van der Waals surface area contributed by atoms with Crippen LogP contribution in [0.3, 0.4) is 0 Å². The molecule has 0 spiro atoms. The van der Waals surface area contributed by atoms with Crippen LogP contribution in [0.1, 0.15) is 58.8 Å². The summed E-state index contributed by atoms with van der Waals surface area (Å²) < 4.78 is 16.9. The number of ether oxygens (including phenoxy) is 3. The van der Waals surface area contributed by atoms with Crippen LogP contribution in [0.15, 0.2) is 0 Å². The van der Waals surface area contributed by atoms with Gasteiger partial charge in [0.1, 0.15) is 24.4 Å². The molecule has 0 radical (unpaired) electrons. The lowest BCUT2D eigenvalue weighted by Gasteiger charge is -2.41. The lowest BCUT2D eigenvalue weighted by Crippen LogP contribution is -2.60. The van der Waals surface area contributed by atoms with Gasteiger partial charge >= 0.3 is 0 Å². The molecule has 5 atom stereocenters. The lowest BCUT2D eigenvalue weighted by molar-refractivity contribution is -0.309.